The van der Waals surface area contributed by atoms with Gasteiger partial charge in [-0.05, 0) is 35.6 Å². The number of rotatable bonds is 1. The third kappa shape index (κ3) is 1.44. The molecule has 0 bridgehead atoms. The van der Waals surface area contributed by atoms with Gasteiger partial charge in [0, 0.05) is 4.90 Å². The number of thioether (sulfide) groups is 1. The molecule has 2 rings (SSSR count). The molecule has 0 saturated heterocycles. The van der Waals surface area contributed by atoms with Gasteiger partial charge in [-0.25, -0.2) is 0 Å². The second kappa shape index (κ2) is 3.43. The summed E-state index contributed by atoms with van der Waals surface area (Å²) in [5, 5.41) is 2.74. The molecule has 13 heavy (non-hydrogen) atoms. The van der Waals surface area contributed by atoms with Crippen molar-refractivity contribution in [2.45, 2.75) is 11.8 Å². The van der Waals surface area contributed by atoms with Crippen molar-refractivity contribution in [2.75, 3.05) is 6.26 Å². The predicted octanol–water partition coefficient (Wildman–Crippen LogP) is 3.87. The minimum Gasteiger partial charge on any atom is -0.129 e. The summed E-state index contributed by atoms with van der Waals surface area (Å²) in [6.07, 6.45) is 2.12. The first-order chi connectivity index (χ1) is 6.33. The molecule has 0 radical (unpaired) electrons. The van der Waals surface area contributed by atoms with Crippen molar-refractivity contribution < 1.29 is 0 Å². The van der Waals surface area contributed by atoms with Gasteiger partial charge >= 0.3 is 0 Å². The summed E-state index contributed by atoms with van der Waals surface area (Å²) < 4.78 is 0. The van der Waals surface area contributed by atoms with Gasteiger partial charge in [0.25, 0.3) is 0 Å². The maximum Gasteiger partial charge on any atom is 0.0148 e. The second-order valence-corrected chi connectivity index (χ2v) is 3.98. The Hall–Kier alpha value is -0.950. The molecule has 1 heteroatoms. The number of hydrogen-bond donors (Lipinski definition) is 0. The molecule has 66 valence electrons. The quantitative estimate of drug-likeness (QED) is 0.612. The van der Waals surface area contributed by atoms with Gasteiger partial charge in [-0.2, -0.15) is 0 Å². The van der Waals surface area contributed by atoms with Crippen molar-refractivity contribution in [3.05, 3.63) is 42.0 Å². The third-order valence-corrected chi connectivity index (χ3v) is 3.12. The van der Waals surface area contributed by atoms with Crippen LogP contribution in [0.5, 0.6) is 0 Å². The molecular formula is C12H12S. The summed E-state index contributed by atoms with van der Waals surface area (Å²) in [6, 6.07) is 13.0. The minimum atomic E-state index is 1.36. The van der Waals surface area contributed by atoms with Crippen LogP contribution in [0, 0.1) is 6.92 Å². The molecule has 0 aliphatic heterocycles. The topological polar surface area (TPSA) is 0 Å². The van der Waals surface area contributed by atoms with Crippen LogP contribution in [0.4, 0.5) is 0 Å². The Balaban J connectivity index is 2.84. The van der Waals surface area contributed by atoms with Crippen molar-refractivity contribution in [1.82, 2.24) is 0 Å². The molecule has 2 aromatic carbocycles. The van der Waals surface area contributed by atoms with Crippen LogP contribution in [-0.2, 0) is 0 Å². The van der Waals surface area contributed by atoms with E-state index in [1.165, 1.54) is 21.2 Å². The van der Waals surface area contributed by atoms with E-state index in [1.54, 1.807) is 11.8 Å². The summed E-state index contributed by atoms with van der Waals surface area (Å²) in [5.74, 6) is 0. The zero-order valence-corrected chi connectivity index (χ0v) is 8.69. The van der Waals surface area contributed by atoms with E-state index in [9.17, 15) is 0 Å². The number of fused-ring (bicyclic) bond motifs is 1. The molecule has 0 heterocycles. The maximum absolute atomic E-state index is 2.20. The average molecular weight is 188 g/mol. The molecule has 0 unspecified atom stereocenters. The normalized spacial score (nSPS) is 10.6. The molecule has 0 aliphatic carbocycles. The smallest absolute Gasteiger partial charge is 0.0148 e. The minimum absolute atomic E-state index is 1.36. The predicted molar refractivity (Wildman–Crippen MR) is 60.5 cm³/mol. The summed E-state index contributed by atoms with van der Waals surface area (Å²) in [4.78, 5) is 1.36. The van der Waals surface area contributed by atoms with Crippen molar-refractivity contribution in [1.29, 1.82) is 0 Å². The summed E-state index contributed by atoms with van der Waals surface area (Å²) in [5.41, 5.74) is 1.36. The Morgan fingerprint density at radius 3 is 2.31 bits per heavy atom. The van der Waals surface area contributed by atoms with Crippen LogP contribution in [-0.4, -0.2) is 6.26 Å². The number of hydrogen-bond acceptors (Lipinski definition) is 1. The number of benzene rings is 2. The summed E-state index contributed by atoms with van der Waals surface area (Å²) in [6.45, 7) is 2.16. The molecule has 2 aromatic rings. The lowest BCUT2D eigenvalue weighted by atomic mass is 10.1. The van der Waals surface area contributed by atoms with E-state index < -0.39 is 0 Å². The lowest BCUT2D eigenvalue weighted by Gasteiger charge is -2.05. The lowest BCUT2D eigenvalue weighted by Crippen LogP contribution is -1.80. The van der Waals surface area contributed by atoms with Crippen molar-refractivity contribution >= 4 is 22.5 Å². The van der Waals surface area contributed by atoms with Crippen LogP contribution in [0.25, 0.3) is 10.8 Å². The Labute approximate surface area is 83.0 Å². The van der Waals surface area contributed by atoms with Gasteiger partial charge in [-0.3, -0.25) is 0 Å². The standard InChI is InChI=1S/C12H12S/c1-9-7-8-12(13-2)11-6-4-3-5-10(9)11/h3-8H,1-2H3. The second-order valence-electron chi connectivity index (χ2n) is 3.13. The molecule has 0 aromatic heterocycles. The Bertz CT molecular complexity index is 432. The molecule has 0 nitrogen and oxygen atoms in total. The van der Waals surface area contributed by atoms with Crippen LogP contribution in [0.3, 0.4) is 0 Å². The van der Waals surface area contributed by atoms with Gasteiger partial charge in [-0.15, -0.1) is 11.8 Å². The summed E-state index contributed by atoms with van der Waals surface area (Å²) >= 11 is 1.81. The zero-order valence-electron chi connectivity index (χ0n) is 7.87. The van der Waals surface area contributed by atoms with Crippen molar-refractivity contribution in [3.63, 3.8) is 0 Å². The van der Waals surface area contributed by atoms with E-state index in [1.807, 2.05) is 0 Å². The molecule has 0 spiro atoms. The number of aryl methyl sites for hydroxylation is 1. The average Bonchev–Trinajstić information content (AvgIpc) is 2.19. The van der Waals surface area contributed by atoms with Crippen LogP contribution in [0.1, 0.15) is 5.56 Å². The van der Waals surface area contributed by atoms with Crippen LogP contribution in [0.2, 0.25) is 0 Å². The molecule has 0 atom stereocenters. The van der Waals surface area contributed by atoms with Crippen LogP contribution in [0.15, 0.2) is 41.3 Å². The van der Waals surface area contributed by atoms with E-state index in [0.29, 0.717) is 0 Å². The van der Waals surface area contributed by atoms with E-state index in [-0.39, 0.29) is 0 Å². The van der Waals surface area contributed by atoms with Gasteiger partial charge in [-0.1, -0.05) is 30.3 Å². The van der Waals surface area contributed by atoms with Gasteiger partial charge < -0.3 is 0 Å². The van der Waals surface area contributed by atoms with E-state index in [4.69, 9.17) is 0 Å². The fourth-order valence-corrected chi connectivity index (χ4v) is 2.20. The largest absolute Gasteiger partial charge is 0.129 e. The van der Waals surface area contributed by atoms with Gasteiger partial charge in [0.15, 0.2) is 0 Å². The summed E-state index contributed by atoms with van der Waals surface area (Å²) in [7, 11) is 0. The Kier molecular flexibility index (Phi) is 2.28. The van der Waals surface area contributed by atoms with Crippen molar-refractivity contribution in [2.24, 2.45) is 0 Å². The third-order valence-electron chi connectivity index (χ3n) is 2.32. The highest BCUT2D eigenvalue weighted by atomic mass is 32.2. The molecule has 0 saturated carbocycles. The monoisotopic (exact) mass is 188 g/mol. The van der Waals surface area contributed by atoms with Gasteiger partial charge in [0.1, 0.15) is 0 Å². The Morgan fingerprint density at radius 1 is 0.923 bits per heavy atom. The van der Waals surface area contributed by atoms with E-state index in [0.717, 1.165) is 0 Å². The fourth-order valence-electron chi connectivity index (χ4n) is 1.60. The molecule has 0 aliphatic rings. The van der Waals surface area contributed by atoms with Crippen LogP contribution < -0.4 is 0 Å². The van der Waals surface area contributed by atoms with E-state index in [2.05, 4.69) is 49.6 Å². The molecule has 0 fully saturated rings. The zero-order chi connectivity index (χ0) is 9.26. The van der Waals surface area contributed by atoms with Gasteiger partial charge in [0.2, 0.25) is 0 Å². The van der Waals surface area contributed by atoms with Crippen molar-refractivity contribution in [3.8, 4) is 0 Å². The lowest BCUT2D eigenvalue weighted by molar-refractivity contribution is 1.46. The highest BCUT2D eigenvalue weighted by molar-refractivity contribution is 7.98. The first kappa shape index (κ1) is 8.64. The first-order valence-corrected chi connectivity index (χ1v) is 5.58. The van der Waals surface area contributed by atoms with Gasteiger partial charge in [0.05, 0.1) is 0 Å². The van der Waals surface area contributed by atoms with Crippen LogP contribution >= 0.6 is 11.8 Å². The highest BCUT2D eigenvalue weighted by Gasteiger charge is 2.00. The highest BCUT2D eigenvalue weighted by Crippen LogP contribution is 2.28. The Morgan fingerprint density at radius 2 is 1.62 bits per heavy atom. The maximum atomic E-state index is 2.20. The molecule has 0 N–H and O–H groups in total. The van der Waals surface area contributed by atoms with E-state index >= 15 is 0 Å². The fraction of sp³-hybridized carbons (Fsp3) is 0.167. The molecular weight excluding hydrogens is 176 g/mol. The first-order valence-electron chi connectivity index (χ1n) is 4.35. The SMILES string of the molecule is CSc1ccc(C)c2ccccc12. The molecule has 0 amide bonds.